The molecule has 1 fully saturated rings. The molecule has 5 nitrogen and oxygen atoms in total. The summed E-state index contributed by atoms with van der Waals surface area (Å²) in [6.45, 7) is 14.0. The summed E-state index contributed by atoms with van der Waals surface area (Å²) in [5.41, 5.74) is 1.31. The van der Waals surface area contributed by atoms with E-state index >= 15 is 0 Å². The maximum Gasteiger partial charge on any atom is 0.119 e. The zero-order valence-electron chi connectivity index (χ0n) is 16.0. The van der Waals surface area contributed by atoms with Crippen molar-refractivity contribution in [1.82, 2.24) is 9.80 Å². The summed E-state index contributed by atoms with van der Waals surface area (Å²) in [6.07, 6.45) is -0.432. The summed E-state index contributed by atoms with van der Waals surface area (Å²) >= 11 is 0. The van der Waals surface area contributed by atoms with Crippen LogP contribution in [0, 0.1) is 0 Å². The molecule has 1 aromatic rings. The molecule has 25 heavy (non-hydrogen) atoms. The molecule has 1 aromatic carbocycles. The maximum atomic E-state index is 10.1. The van der Waals surface area contributed by atoms with Crippen molar-refractivity contribution in [3.05, 3.63) is 29.8 Å². The molecule has 1 N–H and O–H groups in total. The molecule has 1 aliphatic heterocycles. The normalized spacial score (nSPS) is 17.8. The number of aliphatic hydroxyl groups excluding tert-OH is 1. The molecule has 0 radical (unpaired) electrons. The Morgan fingerprint density at radius 2 is 1.64 bits per heavy atom. The van der Waals surface area contributed by atoms with Crippen LogP contribution in [0.25, 0.3) is 0 Å². The second-order valence-electron chi connectivity index (χ2n) is 7.04. The van der Waals surface area contributed by atoms with E-state index in [1.54, 1.807) is 0 Å². The molecule has 0 bridgehead atoms. The number of benzene rings is 1. The molecular formula is C20H34N2O3. The Balaban J connectivity index is 1.53. The zero-order valence-corrected chi connectivity index (χ0v) is 16.0. The van der Waals surface area contributed by atoms with Gasteiger partial charge in [0.15, 0.2) is 0 Å². The topological polar surface area (TPSA) is 45.2 Å². The predicted octanol–water partition coefficient (Wildman–Crippen LogP) is 2.20. The molecule has 0 unspecified atom stereocenters. The van der Waals surface area contributed by atoms with E-state index in [0.717, 1.165) is 38.5 Å². The van der Waals surface area contributed by atoms with Gasteiger partial charge in [-0.05, 0) is 30.2 Å². The molecule has 0 amide bonds. The van der Waals surface area contributed by atoms with Gasteiger partial charge in [0, 0.05) is 32.7 Å². The van der Waals surface area contributed by atoms with Crippen LogP contribution in [-0.4, -0.2) is 80.1 Å². The van der Waals surface area contributed by atoms with Crippen molar-refractivity contribution in [2.24, 2.45) is 0 Å². The second-order valence-corrected chi connectivity index (χ2v) is 7.04. The van der Waals surface area contributed by atoms with Crippen molar-refractivity contribution < 1.29 is 14.6 Å². The predicted molar refractivity (Wildman–Crippen MR) is 101 cm³/mol. The molecule has 142 valence electrons. The zero-order chi connectivity index (χ0) is 18.1. The van der Waals surface area contributed by atoms with Crippen LogP contribution in [0.1, 0.15) is 32.3 Å². The van der Waals surface area contributed by atoms with Crippen molar-refractivity contribution in [1.29, 1.82) is 0 Å². The van der Waals surface area contributed by atoms with Gasteiger partial charge in [-0.15, -0.1) is 0 Å². The number of rotatable bonds is 10. The quantitative estimate of drug-likeness (QED) is 0.656. The van der Waals surface area contributed by atoms with Gasteiger partial charge < -0.3 is 19.5 Å². The summed E-state index contributed by atoms with van der Waals surface area (Å²) < 4.78 is 11.2. The first-order chi connectivity index (χ1) is 12.1. The Bertz CT molecular complexity index is 470. The molecule has 0 spiro atoms. The molecule has 1 atom stereocenters. The average molecular weight is 351 g/mol. The summed E-state index contributed by atoms with van der Waals surface area (Å²) in [5.74, 6) is 1.39. The van der Waals surface area contributed by atoms with Crippen LogP contribution in [0.2, 0.25) is 0 Å². The lowest BCUT2D eigenvalue weighted by molar-refractivity contribution is 0.000390. The smallest absolute Gasteiger partial charge is 0.119 e. The van der Waals surface area contributed by atoms with E-state index in [2.05, 4.69) is 42.7 Å². The van der Waals surface area contributed by atoms with Crippen molar-refractivity contribution in [3.8, 4) is 5.75 Å². The Labute approximate surface area is 152 Å². The van der Waals surface area contributed by atoms with E-state index in [1.807, 2.05) is 12.1 Å². The lowest BCUT2D eigenvalue weighted by Gasteiger charge is -2.34. The highest BCUT2D eigenvalue weighted by atomic mass is 16.5. The van der Waals surface area contributed by atoms with Gasteiger partial charge in [-0.3, -0.25) is 4.90 Å². The van der Waals surface area contributed by atoms with Gasteiger partial charge in [-0.2, -0.15) is 0 Å². The average Bonchev–Trinajstić information content (AvgIpc) is 2.62. The molecule has 1 aliphatic rings. The minimum atomic E-state index is -0.432. The second kappa shape index (κ2) is 10.8. The molecular weight excluding hydrogens is 316 g/mol. The van der Waals surface area contributed by atoms with Crippen LogP contribution in [-0.2, 0) is 4.74 Å². The summed E-state index contributed by atoms with van der Waals surface area (Å²) in [4.78, 5) is 4.75. The third-order valence-corrected chi connectivity index (χ3v) is 4.73. The number of likely N-dealkylation sites (N-methyl/N-ethyl adjacent to an activating group) is 1. The number of β-amino-alcohol motifs (C(OH)–C–C–N with tert-alkyl or cyclic N) is 1. The van der Waals surface area contributed by atoms with Gasteiger partial charge in [-0.1, -0.05) is 32.9 Å². The van der Waals surface area contributed by atoms with Crippen LogP contribution >= 0.6 is 0 Å². The standard InChI is InChI=1S/C20H34N2O3/c1-4-21-9-11-22(12-10-21)15-19(23)16-24-13-14-25-20-7-5-18(6-8-20)17(2)3/h5-8,17,19,23H,4,9-16H2,1-3H3/t19-/m0/s1. The van der Waals surface area contributed by atoms with Crippen molar-refractivity contribution in [2.75, 3.05) is 59.1 Å². The Morgan fingerprint density at radius 1 is 1.00 bits per heavy atom. The Hall–Kier alpha value is -1.14. The van der Waals surface area contributed by atoms with Crippen molar-refractivity contribution >= 4 is 0 Å². The van der Waals surface area contributed by atoms with E-state index in [0.29, 0.717) is 32.3 Å². The molecule has 0 aromatic heterocycles. The van der Waals surface area contributed by atoms with Gasteiger partial charge >= 0.3 is 0 Å². The largest absolute Gasteiger partial charge is 0.491 e. The van der Waals surface area contributed by atoms with Crippen LogP contribution in [0.4, 0.5) is 0 Å². The monoisotopic (exact) mass is 350 g/mol. The lowest BCUT2D eigenvalue weighted by atomic mass is 10.0. The fourth-order valence-corrected chi connectivity index (χ4v) is 3.03. The van der Waals surface area contributed by atoms with Crippen LogP contribution in [0.15, 0.2) is 24.3 Å². The van der Waals surface area contributed by atoms with Gasteiger partial charge in [0.25, 0.3) is 0 Å². The maximum absolute atomic E-state index is 10.1. The van der Waals surface area contributed by atoms with Crippen LogP contribution < -0.4 is 4.74 Å². The highest BCUT2D eigenvalue weighted by Gasteiger charge is 2.18. The highest BCUT2D eigenvalue weighted by Crippen LogP contribution is 2.18. The van der Waals surface area contributed by atoms with Crippen molar-refractivity contribution in [3.63, 3.8) is 0 Å². The molecule has 0 saturated carbocycles. The van der Waals surface area contributed by atoms with E-state index in [4.69, 9.17) is 9.47 Å². The highest BCUT2D eigenvalue weighted by molar-refractivity contribution is 5.28. The SMILES string of the molecule is CCN1CCN(C[C@H](O)COCCOc2ccc(C(C)C)cc2)CC1. The van der Waals surface area contributed by atoms with E-state index in [9.17, 15) is 5.11 Å². The first-order valence-corrected chi connectivity index (χ1v) is 9.51. The third-order valence-electron chi connectivity index (χ3n) is 4.73. The minimum Gasteiger partial charge on any atom is -0.491 e. The fraction of sp³-hybridized carbons (Fsp3) is 0.700. The third kappa shape index (κ3) is 7.32. The number of hydrogen-bond donors (Lipinski definition) is 1. The van der Waals surface area contributed by atoms with Gasteiger partial charge in [0.2, 0.25) is 0 Å². The number of hydrogen-bond acceptors (Lipinski definition) is 5. The van der Waals surface area contributed by atoms with E-state index in [1.165, 1.54) is 5.56 Å². The lowest BCUT2D eigenvalue weighted by Crippen LogP contribution is -2.48. The number of ether oxygens (including phenoxy) is 2. The summed E-state index contributed by atoms with van der Waals surface area (Å²) in [5, 5.41) is 10.1. The van der Waals surface area contributed by atoms with E-state index < -0.39 is 6.10 Å². The molecule has 1 saturated heterocycles. The van der Waals surface area contributed by atoms with Gasteiger partial charge in [0.1, 0.15) is 12.4 Å². The molecule has 5 heteroatoms. The Kier molecular flexibility index (Phi) is 8.68. The van der Waals surface area contributed by atoms with Gasteiger partial charge in [0.05, 0.1) is 19.3 Å². The minimum absolute atomic E-state index is 0.365. The Morgan fingerprint density at radius 3 is 2.24 bits per heavy atom. The summed E-state index contributed by atoms with van der Waals surface area (Å²) in [7, 11) is 0. The van der Waals surface area contributed by atoms with Crippen molar-refractivity contribution in [2.45, 2.75) is 32.8 Å². The van der Waals surface area contributed by atoms with Crippen LogP contribution in [0.5, 0.6) is 5.75 Å². The number of nitrogens with zero attached hydrogens (tertiary/aromatic N) is 2. The number of piperazine rings is 1. The molecule has 1 heterocycles. The number of aliphatic hydroxyl groups is 1. The first kappa shape index (κ1) is 20.2. The summed E-state index contributed by atoms with van der Waals surface area (Å²) in [6, 6.07) is 8.20. The first-order valence-electron chi connectivity index (χ1n) is 9.51. The molecule has 0 aliphatic carbocycles. The van der Waals surface area contributed by atoms with Crippen LogP contribution in [0.3, 0.4) is 0 Å². The van der Waals surface area contributed by atoms with Gasteiger partial charge in [-0.25, -0.2) is 0 Å². The fourth-order valence-electron chi connectivity index (χ4n) is 3.03. The molecule has 2 rings (SSSR count). The van der Waals surface area contributed by atoms with E-state index in [-0.39, 0.29) is 0 Å².